The Labute approximate surface area is 97.4 Å². The van der Waals surface area contributed by atoms with Gasteiger partial charge in [0.2, 0.25) is 0 Å². The molecule has 1 aromatic carbocycles. The van der Waals surface area contributed by atoms with E-state index in [4.69, 9.17) is 10.5 Å². The molecule has 0 heterocycles. The van der Waals surface area contributed by atoms with Crippen molar-refractivity contribution in [3.05, 3.63) is 17.7 Å². The summed E-state index contributed by atoms with van der Waals surface area (Å²) in [6, 6.07) is 3.78. The SMILES string of the molecule is CNc1c(OCCN(C)C)ccc(N)c1C. The molecule has 1 rings (SSSR count). The van der Waals surface area contributed by atoms with E-state index in [0.717, 1.165) is 29.2 Å². The molecular weight excluding hydrogens is 202 g/mol. The molecule has 0 fully saturated rings. The van der Waals surface area contributed by atoms with Gasteiger partial charge in [0.05, 0.1) is 5.69 Å². The number of rotatable bonds is 5. The second-order valence-corrected chi connectivity index (χ2v) is 4.05. The van der Waals surface area contributed by atoms with Gasteiger partial charge in [-0.05, 0) is 38.7 Å². The number of benzene rings is 1. The molecule has 16 heavy (non-hydrogen) atoms. The smallest absolute Gasteiger partial charge is 0.142 e. The van der Waals surface area contributed by atoms with Gasteiger partial charge in [0, 0.05) is 19.3 Å². The van der Waals surface area contributed by atoms with Crippen LogP contribution in [0.5, 0.6) is 5.75 Å². The quantitative estimate of drug-likeness (QED) is 0.744. The molecule has 0 aliphatic rings. The van der Waals surface area contributed by atoms with Gasteiger partial charge in [-0.3, -0.25) is 0 Å². The van der Waals surface area contributed by atoms with Crippen LogP contribution < -0.4 is 15.8 Å². The average molecular weight is 223 g/mol. The van der Waals surface area contributed by atoms with Crippen molar-refractivity contribution in [3.63, 3.8) is 0 Å². The van der Waals surface area contributed by atoms with E-state index in [-0.39, 0.29) is 0 Å². The normalized spacial score (nSPS) is 10.6. The molecule has 0 aliphatic heterocycles. The summed E-state index contributed by atoms with van der Waals surface area (Å²) in [4.78, 5) is 2.09. The molecular formula is C12H21N3O. The topological polar surface area (TPSA) is 50.5 Å². The summed E-state index contributed by atoms with van der Waals surface area (Å²) in [5, 5.41) is 3.12. The van der Waals surface area contributed by atoms with E-state index >= 15 is 0 Å². The minimum absolute atomic E-state index is 0.672. The molecule has 4 heteroatoms. The molecule has 0 saturated carbocycles. The number of hydrogen-bond acceptors (Lipinski definition) is 4. The second-order valence-electron chi connectivity index (χ2n) is 4.05. The zero-order chi connectivity index (χ0) is 12.1. The molecule has 0 spiro atoms. The first-order chi connectivity index (χ1) is 7.56. The monoisotopic (exact) mass is 223 g/mol. The van der Waals surface area contributed by atoms with Gasteiger partial charge in [0.15, 0.2) is 0 Å². The predicted octanol–water partition coefficient (Wildman–Crippen LogP) is 1.56. The molecule has 4 nitrogen and oxygen atoms in total. The van der Waals surface area contributed by atoms with Gasteiger partial charge in [0.1, 0.15) is 12.4 Å². The number of anilines is 2. The van der Waals surface area contributed by atoms with Crippen LogP contribution in [0, 0.1) is 6.92 Å². The number of hydrogen-bond donors (Lipinski definition) is 2. The van der Waals surface area contributed by atoms with Crippen LogP contribution in [0.3, 0.4) is 0 Å². The fourth-order valence-electron chi connectivity index (χ4n) is 1.47. The molecule has 0 aliphatic carbocycles. The lowest BCUT2D eigenvalue weighted by Gasteiger charge is -2.16. The van der Waals surface area contributed by atoms with Crippen molar-refractivity contribution in [1.82, 2.24) is 4.90 Å². The van der Waals surface area contributed by atoms with E-state index in [1.165, 1.54) is 0 Å². The molecule has 1 aromatic rings. The Kier molecular flexibility index (Phi) is 4.43. The Morgan fingerprint density at radius 3 is 2.62 bits per heavy atom. The van der Waals surface area contributed by atoms with Crippen molar-refractivity contribution >= 4 is 11.4 Å². The maximum absolute atomic E-state index is 5.84. The maximum atomic E-state index is 5.84. The first-order valence-corrected chi connectivity index (χ1v) is 5.40. The van der Waals surface area contributed by atoms with Gasteiger partial charge in [-0.15, -0.1) is 0 Å². The van der Waals surface area contributed by atoms with Crippen LogP contribution in [0.25, 0.3) is 0 Å². The number of nitrogens with zero attached hydrogens (tertiary/aromatic N) is 1. The summed E-state index contributed by atoms with van der Waals surface area (Å²) < 4.78 is 5.71. The van der Waals surface area contributed by atoms with Gasteiger partial charge in [-0.25, -0.2) is 0 Å². The zero-order valence-corrected chi connectivity index (χ0v) is 10.5. The Balaban J connectivity index is 2.76. The fraction of sp³-hybridized carbons (Fsp3) is 0.500. The molecule has 0 aromatic heterocycles. The lowest BCUT2D eigenvalue weighted by atomic mass is 10.1. The average Bonchev–Trinajstić information content (AvgIpc) is 2.23. The predicted molar refractivity (Wildman–Crippen MR) is 69.2 cm³/mol. The van der Waals surface area contributed by atoms with Gasteiger partial charge < -0.3 is 20.7 Å². The molecule has 0 saturated heterocycles. The minimum atomic E-state index is 0.672. The van der Waals surface area contributed by atoms with Crippen LogP contribution in [0.15, 0.2) is 12.1 Å². The zero-order valence-electron chi connectivity index (χ0n) is 10.5. The van der Waals surface area contributed by atoms with E-state index in [0.29, 0.717) is 6.61 Å². The third-order valence-corrected chi connectivity index (χ3v) is 2.51. The lowest BCUT2D eigenvalue weighted by molar-refractivity contribution is 0.262. The summed E-state index contributed by atoms with van der Waals surface area (Å²) >= 11 is 0. The van der Waals surface area contributed by atoms with Crippen molar-refractivity contribution in [2.24, 2.45) is 0 Å². The number of nitrogen functional groups attached to an aromatic ring is 1. The summed E-state index contributed by atoms with van der Waals surface area (Å²) in [5.74, 6) is 0.857. The largest absolute Gasteiger partial charge is 0.490 e. The summed E-state index contributed by atoms with van der Waals surface area (Å²) in [5.41, 5.74) is 8.62. The molecule has 0 atom stereocenters. The molecule has 3 N–H and O–H groups in total. The summed E-state index contributed by atoms with van der Waals surface area (Å²) in [6.45, 7) is 3.55. The highest BCUT2D eigenvalue weighted by Gasteiger charge is 2.07. The van der Waals surface area contributed by atoms with E-state index in [9.17, 15) is 0 Å². The first-order valence-electron chi connectivity index (χ1n) is 5.40. The highest BCUT2D eigenvalue weighted by Crippen LogP contribution is 2.31. The Hall–Kier alpha value is -1.42. The minimum Gasteiger partial charge on any atom is -0.490 e. The molecule has 0 bridgehead atoms. The Bertz CT molecular complexity index is 350. The van der Waals surface area contributed by atoms with Crippen LogP contribution in [0.2, 0.25) is 0 Å². The highest BCUT2D eigenvalue weighted by atomic mass is 16.5. The van der Waals surface area contributed by atoms with Gasteiger partial charge in [-0.1, -0.05) is 0 Å². The third-order valence-electron chi connectivity index (χ3n) is 2.51. The van der Waals surface area contributed by atoms with Crippen molar-refractivity contribution < 1.29 is 4.74 Å². The summed E-state index contributed by atoms with van der Waals surface area (Å²) in [6.07, 6.45) is 0. The lowest BCUT2D eigenvalue weighted by Crippen LogP contribution is -2.19. The molecule has 0 unspecified atom stereocenters. The Morgan fingerprint density at radius 1 is 1.38 bits per heavy atom. The van der Waals surface area contributed by atoms with Gasteiger partial charge >= 0.3 is 0 Å². The Morgan fingerprint density at radius 2 is 2.06 bits per heavy atom. The van der Waals surface area contributed by atoms with Crippen LogP contribution >= 0.6 is 0 Å². The van der Waals surface area contributed by atoms with Gasteiger partial charge in [-0.2, -0.15) is 0 Å². The van der Waals surface area contributed by atoms with E-state index in [2.05, 4.69) is 10.2 Å². The van der Waals surface area contributed by atoms with Crippen molar-refractivity contribution in [2.75, 3.05) is 45.3 Å². The molecule has 0 radical (unpaired) electrons. The van der Waals surface area contributed by atoms with E-state index < -0.39 is 0 Å². The molecule has 0 amide bonds. The fourth-order valence-corrected chi connectivity index (χ4v) is 1.47. The third kappa shape index (κ3) is 3.03. The number of likely N-dealkylation sites (N-methyl/N-ethyl adjacent to an activating group) is 1. The number of ether oxygens (including phenoxy) is 1. The first kappa shape index (κ1) is 12.6. The van der Waals surface area contributed by atoms with Crippen LogP contribution in [0.4, 0.5) is 11.4 Å². The second kappa shape index (κ2) is 5.61. The van der Waals surface area contributed by atoms with Crippen molar-refractivity contribution in [2.45, 2.75) is 6.92 Å². The number of nitrogens with two attached hydrogens (primary N) is 1. The molecule has 90 valence electrons. The maximum Gasteiger partial charge on any atom is 0.142 e. The van der Waals surface area contributed by atoms with E-state index in [1.54, 1.807) is 0 Å². The highest BCUT2D eigenvalue weighted by molar-refractivity contribution is 5.70. The van der Waals surface area contributed by atoms with Crippen LogP contribution in [0.1, 0.15) is 5.56 Å². The van der Waals surface area contributed by atoms with Crippen LogP contribution in [-0.4, -0.2) is 39.2 Å². The standard InChI is InChI=1S/C12H21N3O/c1-9-10(13)5-6-11(12(9)14-2)16-8-7-15(3)4/h5-6,14H,7-8,13H2,1-4H3. The van der Waals surface area contributed by atoms with E-state index in [1.807, 2.05) is 40.2 Å². The van der Waals surface area contributed by atoms with Crippen molar-refractivity contribution in [1.29, 1.82) is 0 Å². The van der Waals surface area contributed by atoms with Gasteiger partial charge in [0.25, 0.3) is 0 Å². The van der Waals surface area contributed by atoms with Crippen LogP contribution in [-0.2, 0) is 0 Å². The van der Waals surface area contributed by atoms with Crippen molar-refractivity contribution in [3.8, 4) is 5.75 Å². The summed E-state index contributed by atoms with van der Waals surface area (Å²) in [7, 11) is 5.92. The number of nitrogens with one attached hydrogen (secondary N) is 1.